The fourth-order valence-electron chi connectivity index (χ4n) is 1.82. The van der Waals surface area contributed by atoms with Crippen molar-refractivity contribution in [3.63, 3.8) is 0 Å². The molecule has 0 aliphatic carbocycles. The molecule has 0 aliphatic rings. The number of H-pyrrole nitrogens is 1. The fourth-order valence-corrected chi connectivity index (χ4v) is 1.82. The van der Waals surface area contributed by atoms with E-state index in [9.17, 15) is 14.9 Å². The molecule has 19 heavy (non-hydrogen) atoms. The minimum absolute atomic E-state index is 0.0970. The molecule has 98 valence electrons. The Hall–Kier alpha value is -2.63. The molecular weight excluding hydrogens is 248 g/mol. The Kier molecular flexibility index (Phi) is 3.61. The molecule has 0 radical (unpaired) electrons. The lowest BCUT2D eigenvalue weighted by molar-refractivity contribution is -0.384. The van der Waals surface area contributed by atoms with Crippen LogP contribution in [0.5, 0.6) is 0 Å². The van der Waals surface area contributed by atoms with Gasteiger partial charge < -0.3 is 9.72 Å². The van der Waals surface area contributed by atoms with Gasteiger partial charge in [0.05, 0.1) is 23.3 Å². The first-order chi connectivity index (χ1) is 9.15. The molecule has 0 unspecified atom stereocenters. The number of carbonyl (C=O) groups is 1. The summed E-state index contributed by atoms with van der Waals surface area (Å²) in [7, 11) is 0. The largest absolute Gasteiger partial charge is 0.461 e. The Labute approximate surface area is 109 Å². The maximum atomic E-state index is 11.8. The van der Waals surface area contributed by atoms with E-state index >= 15 is 0 Å². The number of hydrogen-bond acceptors (Lipinski definition) is 4. The zero-order valence-electron chi connectivity index (χ0n) is 10.3. The van der Waals surface area contributed by atoms with Crippen molar-refractivity contribution in [1.82, 2.24) is 4.98 Å². The smallest absolute Gasteiger partial charge is 0.355 e. The van der Waals surface area contributed by atoms with Gasteiger partial charge in [0.2, 0.25) is 0 Å². The second-order valence-corrected chi connectivity index (χ2v) is 3.77. The number of carbonyl (C=O) groups excluding carboxylic acids is 1. The van der Waals surface area contributed by atoms with Crippen LogP contribution in [0.3, 0.4) is 0 Å². The second kappa shape index (κ2) is 5.34. The van der Waals surface area contributed by atoms with Gasteiger partial charge in [-0.2, -0.15) is 0 Å². The third kappa shape index (κ3) is 2.47. The third-order valence-corrected chi connectivity index (χ3v) is 2.60. The highest BCUT2D eigenvalue weighted by Crippen LogP contribution is 2.33. The summed E-state index contributed by atoms with van der Waals surface area (Å²) >= 11 is 0. The van der Waals surface area contributed by atoms with Crippen LogP contribution in [0.2, 0.25) is 0 Å². The lowest BCUT2D eigenvalue weighted by Crippen LogP contribution is -2.06. The summed E-state index contributed by atoms with van der Waals surface area (Å²) in [5.41, 5.74) is 0.802. The minimum Gasteiger partial charge on any atom is -0.461 e. The quantitative estimate of drug-likeness (QED) is 0.520. The SMILES string of the molecule is CCOC(=O)c1[nH]cc([N+](=O)[O-])c1-c1ccccc1. The lowest BCUT2D eigenvalue weighted by atomic mass is 10.0. The van der Waals surface area contributed by atoms with Crippen molar-refractivity contribution in [2.45, 2.75) is 6.92 Å². The van der Waals surface area contributed by atoms with Gasteiger partial charge in [0, 0.05) is 0 Å². The summed E-state index contributed by atoms with van der Waals surface area (Å²) in [6, 6.07) is 8.71. The highest BCUT2D eigenvalue weighted by atomic mass is 16.6. The number of aromatic amines is 1. The number of nitro groups is 1. The molecule has 0 amide bonds. The van der Waals surface area contributed by atoms with E-state index in [2.05, 4.69) is 4.98 Å². The lowest BCUT2D eigenvalue weighted by Gasteiger charge is -2.03. The summed E-state index contributed by atoms with van der Waals surface area (Å²) in [6.07, 6.45) is 1.20. The number of ether oxygens (including phenoxy) is 1. The van der Waals surface area contributed by atoms with Crippen LogP contribution >= 0.6 is 0 Å². The van der Waals surface area contributed by atoms with E-state index in [1.165, 1.54) is 6.20 Å². The van der Waals surface area contributed by atoms with Crippen molar-refractivity contribution in [3.05, 3.63) is 52.3 Å². The van der Waals surface area contributed by atoms with Gasteiger partial charge in [-0.25, -0.2) is 4.79 Å². The Morgan fingerprint density at radius 2 is 2.05 bits per heavy atom. The average Bonchev–Trinajstić information content (AvgIpc) is 2.85. The van der Waals surface area contributed by atoms with Gasteiger partial charge in [-0.05, 0) is 12.5 Å². The number of nitrogens with one attached hydrogen (secondary N) is 1. The summed E-state index contributed by atoms with van der Waals surface area (Å²) in [6.45, 7) is 1.89. The molecule has 6 nitrogen and oxygen atoms in total. The van der Waals surface area contributed by atoms with Crippen molar-refractivity contribution < 1.29 is 14.5 Å². The molecule has 1 heterocycles. The maximum absolute atomic E-state index is 11.8. The van der Waals surface area contributed by atoms with E-state index in [0.717, 1.165) is 0 Å². The van der Waals surface area contributed by atoms with E-state index in [-0.39, 0.29) is 23.6 Å². The van der Waals surface area contributed by atoms with Crippen LogP contribution in [0.15, 0.2) is 36.5 Å². The molecule has 6 heteroatoms. The number of esters is 1. The first kappa shape index (κ1) is 12.8. The van der Waals surface area contributed by atoms with Crippen LogP contribution in [0.1, 0.15) is 17.4 Å². The highest BCUT2D eigenvalue weighted by molar-refractivity contribution is 5.98. The van der Waals surface area contributed by atoms with E-state index in [0.29, 0.717) is 5.56 Å². The van der Waals surface area contributed by atoms with Crippen LogP contribution in [-0.4, -0.2) is 22.5 Å². The molecule has 0 aliphatic heterocycles. The monoisotopic (exact) mass is 260 g/mol. The zero-order chi connectivity index (χ0) is 13.8. The fraction of sp³-hybridized carbons (Fsp3) is 0.154. The number of benzene rings is 1. The molecule has 2 aromatic rings. The van der Waals surface area contributed by atoms with Crippen molar-refractivity contribution in [2.24, 2.45) is 0 Å². The summed E-state index contributed by atoms with van der Waals surface area (Å²) in [5, 5.41) is 11.0. The van der Waals surface area contributed by atoms with Gasteiger partial charge in [0.1, 0.15) is 5.69 Å². The van der Waals surface area contributed by atoms with E-state index in [4.69, 9.17) is 4.74 Å². The molecule has 0 saturated heterocycles. The number of rotatable bonds is 4. The first-order valence-electron chi connectivity index (χ1n) is 5.73. The highest BCUT2D eigenvalue weighted by Gasteiger charge is 2.26. The maximum Gasteiger partial charge on any atom is 0.355 e. The molecule has 0 fully saturated rings. The second-order valence-electron chi connectivity index (χ2n) is 3.77. The predicted molar refractivity (Wildman–Crippen MR) is 68.8 cm³/mol. The van der Waals surface area contributed by atoms with E-state index in [1.54, 1.807) is 37.3 Å². The van der Waals surface area contributed by atoms with Gasteiger partial charge in [-0.3, -0.25) is 10.1 Å². The number of aromatic nitrogens is 1. The normalized spacial score (nSPS) is 10.2. The number of nitrogens with zero attached hydrogens (tertiary/aromatic N) is 1. The Bertz CT molecular complexity index is 604. The molecule has 1 aromatic heterocycles. The van der Waals surface area contributed by atoms with Crippen LogP contribution in [0, 0.1) is 10.1 Å². The molecule has 0 bridgehead atoms. The van der Waals surface area contributed by atoms with Crippen LogP contribution in [-0.2, 0) is 4.74 Å². The van der Waals surface area contributed by atoms with Gasteiger partial charge in [0.15, 0.2) is 0 Å². The molecule has 1 N–H and O–H groups in total. The molecule has 0 saturated carbocycles. The van der Waals surface area contributed by atoms with Gasteiger partial charge in [-0.15, -0.1) is 0 Å². The standard InChI is InChI=1S/C13H12N2O4/c1-2-19-13(16)12-11(9-6-4-3-5-7-9)10(8-14-12)15(17)18/h3-8,14H,2H2,1H3. The van der Waals surface area contributed by atoms with Crippen LogP contribution < -0.4 is 0 Å². The van der Waals surface area contributed by atoms with Crippen molar-refractivity contribution >= 4 is 11.7 Å². The zero-order valence-corrected chi connectivity index (χ0v) is 10.3. The number of hydrogen-bond donors (Lipinski definition) is 1. The summed E-state index contributed by atoms with van der Waals surface area (Å²) < 4.78 is 4.89. The predicted octanol–water partition coefficient (Wildman–Crippen LogP) is 2.77. The van der Waals surface area contributed by atoms with E-state index < -0.39 is 10.9 Å². The molecular formula is C13H12N2O4. The van der Waals surface area contributed by atoms with Gasteiger partial charge in [-0.1, -0.05) is 30.3 Å². The third-order valence-electron chi connectivity index (χ3n) is 2.60. The van der Waals surface area contributed by atoms with Crippen molar-refractivity contribution in [2.75, 3.05) is 6.61 Å². The summed E-state index contributed by atoms with van der Waals surface area (Å²) in [4.78, 5) is 24.9. The molecule has 1 aromatic carbocycles. The van der Waals surface area contributed by atoms with Crippen molar-refractivity contribution in [3.8, 4) is 11.1 Å². The molecule has 0 spiro atoms. The Morgan fingerprint density at radius 3 is 2.63 bits per heavy atom. The molecule has 2 rings (SSSR count). The first-order valence-corrected chi connectivity index (χ1v) is 5.73. The van der Waals surface area contributed by atoms with E-state index in [1.807, 2.05) is 0 Å². The minimum atomic E-state index is -0.602. The van der Waals surface area contributed by atoms with Crippen molar-refractivity contribution in [1.29, 1.82) is 0 Å². The topological polar surface area (TPSA) is 85.2 Å². The molecule has 0 atom stereocenters. The van der Waals surface area contributed by atoms with Gasteiger partial charge in [0.25, 0.3) is 5.69 Å². The Morgan fingerprint density at radius 1 is 1.37 bits per heavy atom. The Balaban J connectivity index is 2.58. The van der Waals surface area contributed by atoms with Gasteiger partial charge >= 0.3 is 5.97 Å². The van der Waals surface area contributed by atoms with Crippen LogP contribution in [0.25, 0.3) is 11.1 Å². The average molecular weight is 260 g/mol. The summed E-state index contributed by atoms with van der Waals surface area (Å²) in [5.74, 6) is -0.602. The van der Waals surface area contributed by atoms with Crippen LogP contribution in [0.4, 0.5) is 5.69 Å².